The molecular formula is C27H25N5O8S2. The van der Waals surface area contributed by atoms with Gasteiger partial charge in [-0.05, 0) is 67.6 Å². The van der Waals surface area contributed by atoms with Gasteiger partial charge in [-0.25, -0.2) is 31.5 Å². The van der Waals surface area contributed by atoms with Gasteiger partial charge in [-0.1, -0.05) is 0 Å². The maximum absolute atomic E-state index is 14.1. The van der Waals surface area contributed by atoms with Crippen LogP contribution in [0.3, 0.4) is 0 Å². The third-order valence-corrected chi connectivity index (χ3v) is 9.89. The molecule has 0 aliphatic rings. The number of rotatable bonds is 10. The highest BCUT2D eigenvalue weighted by atomic mass is 32.2. The van der Waals surface area contributed by atoms with Crippen molar-refractivity contribution >= 4 is 42.9 Å². The minimum Gasteiger partial charge on any atom is -0.496 e. The number of carboxylic acids is 1. The van der Waals surface area contributed by atoms with Crippen LogP contribution in [0.4, 0.5) is 5.82 Å². The highest BCUT2D eigenvalue weighted by Crippen LogP contribution is 2.33. The first-order chi connectivity index (χ1) is 19.9. The summed E-state index contributed by atoms with van der Waals surface area (Å²) in [6.45, 7) is 1.01. The zero-order chi connectivity index (χ0) is 30.2. The van der Waals surface area contributed by atoms with Crippen molar-refractivity contribution in [2.75, 3.05) is 25.1 Å². The molecule has 0 saturated carbocycles. The second kappa shape index (κ2) is 10.8. The molecule has 0 aliphatic heterocycles. The topological polar surface area (TPSA) is 163 Å². The number of benzene rings is 2. The highest BCUT2D eigenvalue weighted by molar-refractivity contribution is 7.94. The quantitative estimate of drug-likeness (QED) is 0.248. The SMILES string of the molecule is COc1ccnc(N(C)S(=O)(=O)c2nc3ccc(-n4cccc4)cc3n2S(=O)(=O)c2ccc(OCC(=O)O)cc2)c1C. The summed E-state index contributed by atoms with van der Waals surface area (Å²) in [6.07, 6.45) is 4.90. The summed E-state index contributed by atoms with van der Waals surface area (Å²) in [5.74, 6) is -0.660. The van der Waals surface area contributed by atoms with E-state index in [2.05, 4.69) is 9.97 Å². The van der Waals surface area contributed by atoms with Crippen LogP contribution in [0.15, 0.2) is 89.3 Å². The summed E-state index contributed by atoms with van der Waals surface area (Å²) in [6, 6.07) is 14.9. The van der Waals surface area contributed by atoms with Gasteiger partial charge in [-0.3, -0.25) is 0 Å². The van der Waals surface area contributed by atoms with Crippen LogP contribution >= 0.6 is 0 Å². The van der Waals surface area contributed by atoms with Gasteiger partial charge in [0.15, 0.2) is 6.61 Å². The monoisotopic (exact) mass is 611 g/mol. The summed E-state index contributed by atoms with van der Waals surface area (Å²) in [5, 5.41) is 8.10. The summed E-state index contributed by atoms with van der Waals surface area (Å²) < 4.78 is 70.1. The number of methoxy groups -OCH3 is 1. The zero-order valence-corrected chi connectivity index (χ0v) is 24.2. The van der Waals surface area contributed by atoms with Crippen LogP contribution in [-0.4, -0.2) is 67.2 Å². The Hall–Kier alpha value is -4.89. The molecule has 0 atom stereocenters. The number of aromatic nitrogens is 4. The molecule has 0 bridgehead atoms. The molecule has 2 aromatic carbocycles. The lowest BCUT2D eigenvalue weighted by molar-refractivity contribution is -0.139. The van der Waals surface area contributed by atoms with Crippen LogP contribution in [0.1, 0.15) is 5.56 Å². The molecule has 0 unspecified atom stereocenters. The van der Waals surface area contributed by atoms with E-state index in [0.717, 1.165) is 4.31 Å². The fraction of sp³-hybridized carbons (Fsp3) is 0.148. The van der Waals surface area contributed by atoms with Crippen LogP contribution in [0.2, 0.25) is 0 Å². The minimum absolute atomic E-state index is 0.0229. The Morgan fingerprint density at radius 2 is 1.71 bits per heavy atom. The number of pyridine rings is 1. The van der Waals surface area contributed by atoms with Crippen LogP contribution in [0.5, 0.6) is 11.5 Å². The molecule has 0 spiro atoms. The van der Waals surface area contributed by atoms with E-state index in [9.17, 15) is 21.6 Å². The normalized spacial score (nSPS) is 11.9. The van der Waals surface area contributed by atoms with E-state index in [4.69, 9.17) is 14.6 Å². The number of sulfonamides is 1. The molecule has 0 fully saturated rings. The van der Waals surface area contributed by atoms with Crippen molar-refractivity contribution in [3.63, 3.8) is 0 Å². The van der Waals surface area contributed by atoms with Gasteiger partial charge in [-0.2, -0.15) is 8.42 Å². The Morgan fingerprint density at radius 3 is 2.36 bits per heavy atom. The van der Waals surface area contributed by atoms with Gasteiger partial charge >= 0.3 is 5.97 Å². The van der Waals surface area contributed by atoms with E-state index in [1.807, 2.05) is 0 Å². The third-order valence-electron chi connectivity index (χ3n) is 6.43. The number of hydrogen-bond donors (Lipinski definition) is 1. The van der Waals surface area contributed by atoms with Crippen molar-refractivity contribution in [1.29, 1.82) is 0 Å². The van der Waals surface area contributed by atoms with Crippen molar-refractivity contribution < 1.29 is 36.2 Å². The first kappa shape index (κ1) is 28.6. The number of nitrogens with zero attached hydrogens (tertiary/aromatic N) is 5. The molecule has 0 amide bonds. The predicted molar refractivity (Wildman–Crippen MR) is 152 cm³/mol. The summed E-state index contributed by atoms with van der Waals surface area (Å²) in [7, 11) is -6.52. The Kier molecular flexibility index (Phi) is 7.38. The summed E-state index contributed by atoms with van der Waals surface area (Å²) in [5.41, 5.74) is 1.14. The highest BCUT2D eigenvalue weighted by Gasteiger charge is 2.36. The van der Waals surface area contributed by atoms with Crippen LogP contribution in [0, 0.1) is 6.92 Å². The maximum Gasteiger partial charge on any atom is 0.341 e. The third kappa shape index (κ3) is 5.03. The zero-order valence-electron chi connectivity index (χ0n) is 22.6. The van der Waals surface area contributed by atoms with E-state index >= 15 is 0 Å². The number of fused-ring (bicyclic) bond motifs is 1. The number of hydrogen-bond acceptors (Lipinski definition) is 9. The Balaban J connectivity index is 1.71. The van der Waals surface area contributed by atoms with Gasteiger partial charge in [0.2, 0.25) is 0 Å². The summed E-state index contributed by atoms with van der Waals surface area (Å²) in [4.78, 5) is 19.0. The van der Waals surface area contributed by atoms with E-state index in [1.54, 1.807) is 48.1 Å². The Morgan fingerprint density at radius 1 is 1.02 bits per heavy atom. The van der Waals surface area contributed by atoms with Gasteiger partial charge in [0.1, 0.15) is 17.3 Å². The summed E-state index contributed by atoms with van der Waals surface area (Å²) >= 11 is 0. The van der Waals surface area contributed by atoms with Crippen molar-refractivity contribution in [3.05, 3.63) is 84.8 Å². The minimum atomic E-state index is -4.62. The Labute approximate surface area is 241 Å². The first-order valence-corrected chi connectivity index (χ1v) is 15.2. The number of carboxylic acid groups (broad SMARTS) is 1. The van der Waals surface area contributed by atoms with Gasteiger partial charge < -0.3 is 19.1 Å². The molecule has 3 aromatic heterocycles. The van der Waals surface area contributed by atoms with E-state index in [0.29, 0.717) is 21.0 Å². The van der Waals surface area contributed by atoms with Crippen LogP contribution < -0.4 is 13.8 Å². The molecule has 1 N–H and O–H groups in total. The number of carbonyl (C=O) groups is 1. The molecule has 0 saturated heterocycles. The average Bonchev–Trinajstić information content (AvgIpc) is 3.65. The smallest absolute Gasteiger partial charge is 0.341 e. The second-order valence-electron chi connectivity index (χ2n) is 9.02. The predicted octanol–water partition coefficient (Wildman–Crippen LogP) is 3.06. The van der Waals surface area contributed by atoms with Crippen molar-refractivity contribution in [2.24, 2.45) is 0 Å². The first-order valence-electron chi connectivity index (χ1n) is 12.3. The molecule has 218 valence electrons. The fourth-order valence-electron chi connectivity index (χ4n) is 4.32. The van der Waals surface area contributed by atoms with Crippen LogP contribution in [-0.2, 0) is 24.8 Å². The van der Waals surface area contributed by atoms with Gasteiger partial charge in [0, 0.05) is 36.9 Å². The lowest BCUT2D eigenvalue weighted by atomic mass is 10.2. The average molecular weight is 612 g/mol. The van der Waals surface area contributed by atoms with Crippen molar-refractivity contribution in [3.8, 4) is 17.2 Å². The number of aliphatic carboxylic acids is 1. The molecule has 5 rings (SSSR count). The molecule has 5 aromatic rings. The molecule has 0 radical (unpaired) electrons. The molecule has 15 heteroatoms. The van der Waals surface area contributed by atoms with Crippen molar-refractivity contribution in [1.82, 2.24) is 18.5 Å². The Bertz CT molecular complexity index is 2000. The van der Waals surface area contributed by atoms with Crippen LogP contribution in [0.25, 0.3) is 16.7 Å². The van der Waals surface area contributed by atoms with E-state index < -0.39 is 37.8 Å². The van der Waals surface area contributed by atoms with Gasteiger partial charge in [-0.15, -0.1) is 0 Å². The van der Waals surface area contributed by atoms with E-state index in [-0.39, 0.29) is 27.5 Å². The lowest BCUT2D eigenvalue weighted by Gasteiger charge is -2.21. The number of imidazole rings is 1. The standard InChI is InChI=1S/C27H25N5O8S2/c1-18-24(39-3)12-13-28-26(18)30(2)42(37,38)27-29-22-11-6-19(31-14-4-5-15-31)16-23(22)32(27)41(35,36)21-9-7-20(8-10-21)40-17-25(33)34/h4-16H,17H2,1-3H3,(H,33,34). The largest absolute Gasteiger partial charge is 0.496 e. The molecule has 3 heterocycles. The van der Waals surface area contributed by atoms with Crippen molar-refractivity contribution in [2.45, 2.75) is 17.0 Å². The maximum atomic E-state index is 14.1. The molecule has 13 nitrogen and oxygen atoms in total. The molecule has 42 heavy (non-hydrogen) atoms. The number of ether oxygens (including phenoxy) is 2. The molecule has 0 aliphatic carbocycles. The lowest BCUT2D eigenvalue weighted by Crippen LogP contribution is -2.32. The molecular weight excluding hydrogens is 586 g/mol. The second-order valence-corrected chi connectivity index (χ2v) is 12.7. The number of anilines is 1. The fourth-order valence-corrected chi connectivity index (χ4v) is 7.42. The van der Waals surface area contributed by atoms with E-state index in [1.165, 1.54) is 56.8 Å². The van der Waals surface area contributed by atoms with Gasteiger partial charge in [0.25, 0.3) is 25.2 Å². The van der Waals surface area contributed by atoms with Gasteiger partial charge in [0.05, 0.1) is 23.0 Å².